The van der Waals surface area contributed by atoms with Crippen LogP contribution < -0.4 is 25.6 Å². The molecule has 2 N–H and O–H groups in total. The van der Waals surface area contributed by atoms with E-state index in [4.69, 9.17) is 9.72 Å². The molecule has 2 atom stereocenters. The first-order chi connectivity index (χ1) is 21.6. The minimum absolute atomic E-state index is 0.289. The van der Waals surface area contributed by atoms with Crippen LogP contribution in [0.5, 0.6) is 5.75 Å². The molecule has 0 unspecified atom stereocenters. The molecule has 2 aromatic heterocycles. The van der Waals surface area contributed by atoms with E-state index in [1.165, 1.54) is 6.08 Å². The number of carbonyl (C=O) groups is 1. The van der Waals surface area contributed by atoms with E-state index in [1.54, 1.807) is 26.6 Å². The number of aromatic nitrogens is 3. The van der Waals surface area contributed by atoms with E-state index in [1.807, 2.05) is 18.2 Å². The Balaban J connectivity index is 1.29. The largest absolute Gasteiger partial charge is 0.494 e. The molecular formula is C34H40N7O3P. The highest BCUT2D eigenvalue weighted by atomic mass is 31.2. The van der Waals surface area contributed by atoms with Crippen molar-refractivity contribution in [3.63, 3.8) is 0 Å². The highest BCUT2D eigenvalue weighted by Gasteiger charge is 2.39. The summed E-state index contributed by atoms with van der Waals surface area (Å²) in [6.07, 6.45) is 7.40. The van der Waals surface area contributed by atoms with Gasteiger partial charge < -0.3 is 34.3 Å². The van der Waals surface area contributed by atoms with Gasteiger partial charge in [0.25, 0.3) is 0 Å². The highest BCUT2D eigenvalue weighted by molar-refractivity contribution is 7.70. The number of ether oxygens (including phenoxy) is 1. The molecule has 0 bridgehead atoms. The Kier molecular flexibility index (Phi) is 7.45. The van der Waals surface area contributed by atoms with E-state index in [0.717, 1.165) is 61.2 Å². The van der Waals surface area contributed by atoms with E-state index in [2.05, 4.69) is 68.0 Å². The summed E-state index contributed by atoms with van der Waals surface area (Å²) in [5.41, 5.74) is 4.91. The van der Waals surface area contributed by atoms with Gasteiger partial charge in [-0.3, -0.25) is 4.79 Å². The molecule has 4 aromatic rings. The third kappa shape index (κ3) is 5.62. The number of benzene rings is 2. The summed E-state index contributed by atoms with van der Waals surface area (Å²) in [5.74, 6) is 1.84. The molecule has 2 aromatic carbocycles. The SMILES string of the molecule is C=CC(=O)Nc1cc(Nc2ncc(P(C)(C)=O)c(-c3cn(C4CC4)c4ccccc34)n2)c(OC)cc1N1C[C@H]2CN(C)C[C@H]2C1. The highest BCUT2D eigenvalue weighted by Crippen LogP contribution is 2.45. The lowest BCUT2D eigenvalue weighted by atomic mass is 10.0. The molecule has 7 rings (SSSR count). The lowest BCUT2D eigenvalue weighted by molar-refractivity contribution is -0.111. The molecule has 3 fully saturated rings. The van der Waals surface area contributed by atoms with Crippen LogP contribution in [0.2, 0.25) is 0 Å². The van der Waals surface area contributed by atoms with Crippen LogP contribution in [0.3, 0.4) is 0 Å². The topological polar surface area (TPSA) is 105 Å². The summed E-state index contributed by atoms with van der Waals surface area (Å²) in [5, 5.41) is 8.07. The number of hydrogen-bond donors (Lipinski definition) is 2. The molecule has 4 heterocycles. The molecule has 1 amide bonds. The predicted octanol–water partition coefficient (Wildman–Crippen LogP) is 5.56. The van der Waals surface area contributed by atoms with Crippen molar-refractivity contribution < 1.29 is 14.1 Å². The van der Waals surface area contributed by atoms with Crippen LogP contribution in [0, 0.1) is 11.8 Å². The maximum Gasteiger partial charge on any atom is 0.247 e. The summed E-state index contributed by atoms with van der Waals surface area (Å²) in [6, 6.07) is 12.6. The Bertz CT molecular complexity index is 1850. The molecule has 45 heavy (non-hydrogen) atoms. The number of carbonyl (C=O) groups excluding carboxylic acids is 1. The van der Waals surface area contributed by atoms with Crippen molar-refractivity contribution in [2.45, 2.75) is 18.9 Å². The van der Waals surface area contributed by atoms with Crippen LogP contribution in [0.15, 0.2) is 61.4 Å². The van der Waals surface area contributed by atoms with Crippen molar-refractivity contribution in [3.8, 4) is 17.0 Å². The Hall–Kier alpha value is -4.14. The van der Waals surface area contributed by atoms with Crippen LogP contribution in [0.1, 0.15) is 18.9 Å². The van der Waals surface area contributed by atoms with Crippen LogP contribution in [0.4, 0.5) is 23.0 Å². The Morgan fingerprint density at radius 1 is 1.09 bits per heavy atom. The molecule has 2 aliphatic heterocycles. The first-order valence-electron chi connectivity index (χ1n) is 15.5. The molecule has 0 radical (unpaired) electrons. The number of nitrogens with zero attached hydrogens (tertiary/aromatic N) is 5. The number of fused-ring (bicyclic) bond motifs is 2. The Morgan fingerprint density at radius 2 is 1.82 bits per heavy atom. The maximum atomic E-state index is 13.5. The van der Waals surface area contributed by atoms with Gasteiger partial charge in [-0.25, -0.2) is 9.97 Å². The average molecular weight is 626 g/mol. The van der Waals surface area contributed by atoms with Gasteiger partial charge in [0, 0.05) is 67.1 Å². The van der Waals surface area contributed by atoms with Gasteiger partial charge in [-0.2, -0.15) is 0 Å². The molecule has 10 nitrogen and oxygen atoms in total. The third-order valence-electron chi connectivity index (χ3n) is 9.30. The monoisotopic (exact) mass is 625 g/mol. The van der Waals surface area contributed by atoms with E-state index in [9.17, 15) is 9.36 Å². The smallest absolute Gasteiger partial charge is 0.247 e. The van der Waals surface area contributed by atoms with Crippen molar-refractivity contribution in [1.82, 2.24) is 19.4 Å². The van der Waals surface area contributed by atoms with Crippen LogP contribution in [-0.2, 0) is 9.36 Å². The first-order valence-corrected chi connectivity index (χ1v) is 18.1. The van der Waals surface area contributed by atoms with Gasteiger partial charge in [-0.15, -0.1) is 0 Å². The van der Waals surface area contributed by atoms with Gasteiger partial charge in [0.2, 0.25) is 11.9 Å². The fourth-order valence-corrected chi connectivity index (χ4v) is 8.02. The molecule has 1 saturated carbocycles. The molecule has 0 spiro atoms. The zero-order chi connectivity index (χ0) is 31.5. The molecular weight excluding hydrogens is 585 g/mol. The van der Waals surface area contributed by atoms with Gasteiger partial charge in [-0.1, -0.05) is 24.8 Å². The van der Waals surface area contributed by atoms with Crippen molar-refractivity contribution >= 4 is 52.3 Å². The number of rotatable bonds is 9. The van der Waals surface area contributed by atoms with E-state index < -0.39 is 7.14 Å². The Morgan fingerprint density at radius 3 is 2.49 bits per heavy atom. The number of amides is 1. The van der Waals surface area contributed by atoms with Gasteiger partial charge in [0.15, 0.2) is 0 Å². The fourth-order valence-electron chi connectivity index (χ4n) is 7.00. The van der Waals surface area contributed by atoms with Crippen molar-refractivity contribution in [2.24, 2.45) is 11.8 Å². The van der Waals surface area contributed by atoms with Crippen molar-refractivity contribution in [2.75, 3.05) is 69.2 Å². The summed E-state index contributed by atoms with van der Waals surface area (Å²) in [6.45, 7) is 11.1. The van der Waals surface area contributed by atoms with E-state index in [-0.39, 0.29) is 5.91 Å². The average Bonchev–Trinajstić information content (AvgIpc) is 3.54. The number of nitrogens with one attached hydrogen (secondary N) is 2. The lowest BCUT2D eigenvalue weighted by Crippen LogP contribution is -2.27. The van der Waals surface area contributed by atoms with Crippen LogP contribution in [-0.4, -0.2) is 79.0 Å². The van der Waals surface area contributed by atoms with Crippen molar-refractivity contribution in [3.05, 3.63) is 61.4 Å². The Labute approximate surface area is 263 Å². The summed E-state index contributed by atoms with van der Waals surface area (Å²) < 4.78 is 21.7. The molecule has 3 aliphatic rings. The summed E-state index contributed by atoms with van der Waals surface area (Å²) in [7, 11) is 1.08. The minimum Gasteiger partial charge on any atom is -0.494 e. The maximum absolute atomic E-state index is 13.5. The van der Waals surface area contributed by atoms with Crippen molar-refractivity contribution in [1.29, 1.82) is 0 Å². The molecule has 234 valence electrons. The molecule has 2 saturated heterocycles. The second kappa shape index (κ2) is 11.3. The third-order valence-corrected chi connectivity index (χ3v) is 10.8. The second-order valence-corrected chi connectivity index (χ2v) is 16.2. The predicted molar refractivity (Wildman–Crippen MR) is 182 cm³/mol. The van der Waals surface area contributed by atoms with E-state index in [0.29, 0.717) is 51.9 Å². The molecule has 11 heteroatoms. The second-order valence-electron chi connectivity index (χ2n) is 13.0. The fraction of sp³-hybridized carbons (Fsp3) is 0.382. The van der Waals surface area contributed by atoms with Crippen LogP contribution in [0.25, 0.3) is 22.2 Å². The standard InChI is InChI=1S/C34H40N7O3P/c1-6-32(42)36-26-13-27(30(44-3)14-29(26)40-18-21-16-39(2)17-22(21)19-40)37-34-35-15-31(45(4,5)43)33(38-34)25-20-41(23-11-12-23)28-10-8-7-9-24(25)28/h6-10,13-15,20-23H,1,11-12,16-19H2,2-5H3,(H,36,42)(H,35,37,38)/t21-,22+. The number of hydrogen-bond acceptors (Lipinski definition) is 8. The summed E-state index contributed by atoms with van der Waals surface area (Å²) >= 11 is 0. The van der Waals surface area contributed by atoms with Gasteiger partial charge in [-0.05, 0) is 63.3 Å². The number of methoxy groups -OCH3 is 1. The quantitative estimate of drug-likeness (QED) is 0.184. The van der Waals surface area contributed by atoms with Crippen LogP contribution >= 0.6 is 7.14 Å². The minimum atomic E-state index is -2.73. The zero-order valence-electron chi connectivity index (χ0n) is 26.3. The zero-order valence-corrected chi connectivity index (χ0v) is 27.2. The van der Waals surface area contributed by atoms with Gasteiger partial charge >= 0.3 is 0 Å². The van der Waals surface area contributed by atoms with E-state index >= 15 is 0 Å². The van der Waals surface area contributed by atoms with Gasteiger partial charge in [0.1, 0.15) is 12.9 Å². The number of para-hydroxylation sites is 1. The number of likely N-dealkylation sites (tertiary alicyclic amines) is 1. The normalized spacial score (nSPS) is 20.0. The number of anilines is 4. The first kappa shape index (κ1) is 29.6. The molecule has 1 aliphatic carbocycles. The lowest BCUT2D eigenvalue weighted by Gasteiger charge is -2.26. The summed E-state index contributed by atoms with van der Waals surface area (Å²) in [4.78, 5) is 26.9. The van der Waals surface area contributed by atoms with Gasteiger partial charge in [0.05, 0.1) is 35.2 Å².